The average Bonchev–Trinajstić information content (AvgIpc) is 2.47. The quantitative estimate of drug-likeness (QED) is 0.691. The van der Waals surface area contributed by atoms with E-state index in [1.165, 1.54) is 0 Å². The lowest BCUT2D eigenvalue weighted by Crippen LogP contribution is -2.47. The van der Waals surface area contributed by atoms with Crippen molar-refractivity contribution < 1.29 is 14.3 Å². The van der Waals surface area contributed by atoms with Crippen LogP contribution in [0, 0.1) is 0 Å². The Bertz CT molecular complexity index is 458. The van der Waals surface area contributed by atoms with Gasteiger partial charge in [-0.2, -0.15) is 0 Å². The van der Waals surface area contributed by atoms with Crippen LogP contribution in [0.15, 0.2) is 30.3 Å². The first-order valence-electron chi connectivity index (χ1n) is 7.44. The van der Waals surface area contributed by atoms with Gasteiger partial charge in [0.1, 0.15) is 18.4 Å². The molecule has 0 heterocycles. The molecule has 0 N–H and O–H groups in total. The molecule has 2 unspecified atom stereocenters. The highest BCUT2D eigenvalue weighted by Crippen LogP contribution is 2.13. The van der Waals surface area contributed by atoms with Gasteiger partial charge in [0.25, 0.3) is 0 Å². The lowest BCUT2D eigenvalue weighted by Gasteiger charge is -2.31. The number of carbonyl (C=O) groups is 2. The van der Waals surface area contributed by atoms with E-state index in [0.29, 0.717) is 12.8 Å². The molecule has 0 aliphatic rings. The van der Waals surface area contributed by atoms with Crippen LogP contribution in [0.1, 0.15) is 39.2 Å². The second-order valence-corrected chi connectivity index (χ2v) is 5.22. The molecule has 0 saturated carbocycles. The second kappa shape index (κ2) is 8.57. The SMILES string of the molecule is CCC(C(C)=O)N(C)C(CC)C(=O)OCc1ccccc1. The molecule has 4 heteroatoms. The van der Waals surface area contributed by atoms with Gasteiger partial charge >= 0.3 is 5.97 Å². The average molecular weight is 291 g/mol. The van der Waals surface area contributed by atoms with Crippen molar-refractivity contribution in [2.75, 3.05) is 7.05 Å². The monoisotopic (exact) mass is 291 g/mol. The first-order valence-corrected chi connectivity index (χ1v) is 7.44. The van der Waals surface area contributed by atoms with Gasteiger partial charge in [-0.05, 0) is 32.4 Å². The fourth-order valence-electron chi connectivity index (χ4n) is 2.53. The van der Waals surface area contributed by atoms with Crippen molar-refractivity contribution in [3.8, 4) is 0 Å². The molecule has 0 spiro atoms. The Morgan fingerprint density at radius 3 is 2.14 bits per heavy atom. The van der Waals surface area contributed by atoms with Crippen LogP contribution in [0.3, 0.4) is 0 Å². The highest BCUT2D eigenvalue weighted by atomic mass is 16.5. The molecule has 0 bridgehead atoms. The minimum Gasteiger partial charge on any atom is -0.460 e. The molecule has 1 aromatic carbocycles. The molecule has 1 aromatic rings. The molecule has 0 radical (unpaired) electrons. The molecule has 0 aliphatic carbocycles. The number of carbonyl (C=O) groups excluding carboxylic acids is 2. The van der Waals surface area contributed by atoms with E-state index in [4.69, 9.17) is 4.74 Å². The summed E-state index contributed by atoms with van der Waals surface area (Å²) in [5, 5.41) is 0. The molecule has 0 aromatic heterocycles. The Balaban J connectivity index is 2.66. The second-order valence-electron chi connectivity index (χ2n) is 5.22. The number of likely N-dealkylation sites (N-methyl/N-ethyl adjacent to an activating group) is 1. The van der Waals surface area contributed by atoms with Gasteiger partial charge < -0.3 is 4.74 Å². The van der Waals surface area contributed by atoms with E-state index in [2.05, 4.69) is 0 Å². The van der Waals surface area contributed by atoms with Crippen molar-refractivity contribution in [3.63, 3.8) is 0 Å². The molecule has 1 rings (SSSR count). The maximum atomic E-state index is 12.3. The van der Waals surface area contributed by atoms with E-state index < -0.39 is 0 Å². The number of benzene rings is 1. The summed E-state index contributed by atoms with van der Waals surface area (Å²) in [4.78, 5) is 25.7. The van der Waals surface area contributed by atoms with Crippen molar-refractivity contribution in [2.45, 2.75) is 52.3 Å². The maximum absolute atomic E-state index is 12.3. The van der Waals surface area contributed by atoms with Crippen LogP contribution in [0.4, 0.5) is 0 Å². The van der Waals surface area contributed by atoms with Crippen molar-refractivity contribution in [1.82, 2.24) is 4.90 Å². The lowest BCUT2D eigenvalue weighted by atomic mass is 10.1. The van der Waals surface area contributed by atoms with Crippen LogP contribution in [-0.4, -0.2) is 35.8 Å². The van der Waals surface area contributed by atoms with Gasteiger partial charge in [-0.3, -0.25) is 14.5 Å². The molecular weight excluding hydrogens is 266 g/mol. The van der Waals surface area contributed by atoms with Gasteiger partial charge in [-0.15, -0.1) is 0 Å². The van der Waals surface area contributed by atoms with E-state index in [1.54, 1.807) is 6.92 Å². The number of Topliss-reactive ketones (excluding diaryl/α,β-unsaturated/α-hetero) is 1. The Kier molecular flexibility index (Phi) is 7.09. The summed E-state index contributed by atoms with van der Waals surface area (Å²) < 4.78 is 5.38. The van der Waals surface area contributed by atoms with Crippen molar-refractivity contribution in [2.24, 2.45) is 0 Å². The van der Waals surface area contributed by atoms with Crippen molar-refractivity contribution >= 4 is 11.8 Å². The highest BCUT2D eigenvalue weighted by Gasteiger charge is 2.29. The fraction of sp³-hybridized carbons (Fsp3) is 0.529. The zero-order valence-corrected chi connectivity index (χ0v) is 13.3. The summed E-state index contributed by atoms with van der Waals surface area (Å²) in [5.74, 6) is -0.196. The Labute approximate surface area is 127 Å². The van der Waals surface area contributed by atoms with Gasteiger partial charge in [-0.1, -0.05) is 44.2 Å². The third-order valence-corrected chi connectivity index (χ3v) is 3.72. The highest BCUT2D eigenvalue weighted by molar-refractivity contribution is 5.83. The van der Waals surface area contributed by atoms with Crippen molar-refractivity contribution in [1.29, 1.82) is 0 Å². The zero-order chi connectivity index (χ0) is 15.8. The van der Waals surface area contributed by atoms with Crippen LogP contribution in [-0.2, 0) is 20.9 Å². The van der Waals surface area contributed by atoms with Crippen LogP contribution in [0.5, 0.6) is 0 Å². The standard InChI is InChI=1S/C17H25NO3/c1-5-15(13(3)19)18(4)16(6-2)17(20)21-12-14-10-8-7-9-11-14/h7-11,15-16H,5-6,12H2,1-4H3. The van der Waals surface area contributed by atoms with Gasteiger partial charge in [0.05, 0.1) is 6.04 Å². The minimum absolute atomic E-state index is 0.0781. The summed E-state index contributed by atoms with van der Waals surface area (Å²) in [6, 6.07) is 8.96. The summed E-state index contributed by atoms with van der Waals surface area (Å²) in [7, 11) is 1.81. The van der Waals surface area contributed by atoms with E-state index in [-0.39, 0.29) is 30.4 Å². The fourth-order valence-corrected chi connectivity index (χ4v) is 2.53. The first-order chi connectivity index (χ1) is 10.0. The zero-order valence-electron chi connectivity index (χ0n) is 13.3. The maximum Gasteiger partial charge on any atom is 0.323 e. The molecule has 4 nitrogen and oxygen atoms in total. The van der Waals surface area contributed by atoms with Crippen LogP contribution >= 0.6 is 0 Å². The number of esters is 1. The summed E-state index contributed by atoms with van der Waals surface area (Å²) in [6.07, 6.45) is 1.31. The van der Waals surface area contributed by atoms with Gasteiger partial charge in [0.15, 0.2) is 0 Å². The van der Waals surface area contributed by atoms with Crippen molar-refractivity contribution in [3.05, 3.63) is 35.9 Å². The number of rotatable bonds is 8. The Hall–Kier alpha value is -1.68. The summed E-state index contributed by atoms with van der Waals surface area (Å²) in [6.45, 7) is 5.70. The molecule has 21 heavy (non-hydrogen) atoms. The molecular formula is C17H25NO3. The molecule has 0 saturated heterocycles. The van der Waals surface area contributed by atoms with E-state index in [0.717, 1.165) is 5.56 Å². The largest absolute Gasteiger partial charge is 0.460 e. The van der Waals surface area contributed by atoms with E-state index in [1.807, 2.05) is 56.1 Å². The Morgan fingerprint density at radius 2 is 1.67 bits per heavy atom. The molecule has 0 amide bonds. The number of hydrogen-bond donors (Lipinski definition) is 0. The Morgan fingerprint density at radius 1 is 1.10 bits per heavy atom. The smallest absolute Gasteiger partial charge is 0.323 e. The third kappa shape index (κ3) is 4.97. The van der Waals surface area contributed by atoms with Gasteiger partial charge in [0, 0.05) is 0 Å². The predicted molar refractivity (Wildman–Crippen MR) is 82.8 cm³/mol. The third-order valence-electron chi connectivity index (χ3n) is 3.72. The molecule has 0 fully saturated rings. The van der Waals surface area contributed by atoms with E-state index >= 15 is 0 Å². The molecule has 116 valence electrons. The van der Waals surface area contributed by atoms with Gasteiger partial charge in [0.2, 0.25) is 0 Å². The summed E-state index contributed by atoms with van der Waals surface area (Å²) in [5.41, 5.74) is 0.960. The molecule has 0 aliphatic heterocycles. The lowest BCUT2D eigenvalue weighted by molar-refractivity contribution is -0.152. The molecule has 2 atom stereocenters. The predicted octanol–water partition coefficient (Wildman–Crippen LogP) is 2.81. The number of hydrogen-bond acceptors (Lipinski definition) is 4. The van der Waals surface area contributed by atoms with Crippen LogP contribution in [0.2, 0.25) is 0 Å². The minimum atomic E-state index is -0.387. The summed E-state index contributed by atoms with van der Waals surface area (Å²) >= 11 is 0. The van der Waals surface area contributed by atoms with Crippen LogP contribution in [0.25, 0.3) is 0 Å². The first kappa shape index (κ1) is 17.4. The van der Waals surface area contributed by atoms with Gasteiger partial charge in [-0.25, -0.2) is 0 Å². The number of nitrogens with zero attached hydrogens (tertiary/aromatic N) is 1. The topological polar surface area (TPSA) is 46.6 Å². The normalized spacial score (nSPS) is 13.8. The number of ketones is 1. The van der Waals surface area contributed by atoms with Crippen LogP contribution < -0.4 is 0 Å². The van der Waals surface area contributed by atoms with E-state index in [9.17, 15) is 9.59 Å². The number of ether oxygens (including phenoxy) is 1.